The number of ether oxygens (including phenoxy) is 1. The molecule has 2 aromatic carbocycles. The minimum Gasteiger partial charge on any atom is -0.489 e. The normalized spacial score (nSPS) is 11.4. The summed E-state index contributed by atoms with van der Waals surface area (Å²) in [5, 5.41) is 19.1. The molecule has 0 bridgehead atoms. The number of nitrogen functional groups attached to an aromatic ring is 1. The molecule has 0 aliphatic heterocycles. The Labute approximate surface area is 182 Å². The third-order valence-corrected chi connectivity index (χ3v) is 4.60. The second-order valence-electron chi connectivity index (χ2n) is 6.85. The van der Waals surface area contributed by atoms with Crippen LogP contribution in [0.15, 0.2) is 64.3 Å². The lowest BCUT2D eigenvalue weighted by atomic mass is 10.1. The van der Waals surface area contributed by atoms with Gasteiger partial charge in [-0.15, -0.1) is 5.10 Å². The summed E-state index contributed by atoms with van der Waals surface area (Å²) < 4.78 is 11.5. The summed E-state index contributed by atoms with van der Waals surface area (Å²) in [6, 6.07) is 17.3. The van der Waals surface area contributed by atoms with Crippen LogP contribution in [0, 0.1) is 6.92 Å². The van der Waals surface area contributed by atoms with Gasteiger partial charge in [-0.1, -0.05) is 35.5 Å². The van der Waals surface area contributed by atoms with Crippen molar-refractivity contribution in [1.82, 2.24) is 30.7 Å². The van der Waals surface area contributed by atoms with E-state index in [0.717, 1.165) is 21.6 Å². The van der Waals surface area contributed by atoms with E-state index in [0.29, 0.717) is 18.0 Å². The molecule has 0 unspecified atom stereocenters. The second-order valence-corrected chi connectivity index (χ2v) is 6.85. The van der Waals surface area contributed by atoms with Gasteiger partial charge in [0.1, 0.15) is 12.4 Å². The molecule has 4 rings (SSSR count). The average Bonchev–Trinajstić information content (AvgIpc) is 3.41. The van der Waals surface area contributed by atoms with Crippen LogP contribution >= 0.6 is 0 Å². The lowest BCUT2D eigenvalue weighted by Crippen LogP contribution is -2.24. The predicted octanol–water partition coefficient (Wildman–Crippen LogP) is 2.27. The van der Waals surface area contributed by atoms with E-state index < -0.39 is 5.91 Å². The summed E-state index contributed by atoms with van der Waals surface area (Å²) in [6.45, 7) is 3.89. The molecular formula is C21H20N8O3. The lowest BCUT2D eigenvalue weighted by molar-refractivity contribution is 0.0946. The molecule has 162 valence electrons. The van der Waals surface area contributed by atoms with E-state index in [1.807, 2.05) is 54.6 Å². The maximum absolute atomic E-state index is 12.7. The molecule has 0 saturated carbocycles. The van der Waals surface area contributed by atoms with Crippen molar-refractivity contribution in [3.63, 3.8) is 0 Å². The number of carbonyl (C=O) groups excluding carboxylic acids is 1. The van der Waals surface area contributed by atoms with Crippen LogP contribution in [-0.2, 0) is 6.61 Å². The van der Waals surface area contributed by atoms with E-state index in [1.54, 1.807) is 13.8 Å². The summed E-state index contributed by atoms with van der Waals surface area (Å²) >= 11 is 0. The van der Waals surface area contributed by atoms with Crippen LogP contribution in [0.3, 0.4) is 0 Å². The monoisotopic (exact) mass is 432 g/mol. The van der Waals surface area contributed by atoms with E-state index in [4.69, 9.17) is 10.5 Å². The number of hydrogen-bond acceptors (Lipinski definition) is 9. The largest absolute Gasteiger partial charge is 0.489 e. The molecule has 0 aliphatic carbocycles. The van der Waals surface area contributed by atoms with Gasteiger partial charge >= 0.3 is 0 Å². The number of nitrogens with two attached hydrogens (primary N) is 1. The van der Waals surface area contributed by atoms with Crippen LogP contribution in [-0.4, -0.2) is 36.9 Å². The van der Waals surface area contributed by atoms with Gasteiger partial charge < -0.3 is 10.5 Å². The third-order valence-electron chi connectivity index (χ3n) is 4.60. The van der Waals surface area contributed by atoms with Crippen LogP contribution in [0.1, 0.15) is 34.2 Å². The van der Waals surface area contributed by atoms with Gasteiger partial charge in [0.05, 0.1) is 11.4 Å². The zero-order chi connectivity index (χ0) is 22.5. The first-order valence-electron chi connectivity index (χ1n) is 9.65. The molecule has 2 heterocycles. The molecule has 0 aliphatic rings. The summed E-state index contributed by atoms with van der Waals surface area (Å²) in [7, 11) is 0. The fraction of sp³-hybridized carbons (Fsp3) is 0.143. The summed E-state index contributed by atoms with van der Waals surface area (Å²) in [4.78, 5) is 12.7. The Morgan fingerprint density at radius 1 is 1.16 bits per heavy atom. The number of aryl methyl sites for hydroxylation is 1. The number of carbonyl (C=O) groups is 1. The smallest absolute Gasteiger partial charge is 0.292 e. The summed E-state index contributed by atoms with van der Waals surface area (Å²) in [6.07, 6.45) is 0. The van der Waals surface area contributed by atoms with Crippen LogP contribution < -0.4 is 15.9 Å². The Bertz CT molecular complexity index is 1250. The van der Waals surface area contributed by atoms with Crippen molar-refractivity contribution in [3.05, 3.63) is 77.1 Å². The molecule has 0 fully saturated rings. The Kier molecular flexibility index (Phi) is 5.88. The summed E-state index contributed by atoms with van der Waals surface area (Å²) in [5.74, 6) is 0.261. The molecule has 0 atom stereocenters. The van der Waals surface area contributed by atoms with Gasteiger partial charge in [-0.05, 0) is 59.6 Å². The number of anilines is 1. The van der Waals surface area contributed by atoms with Crippen LogP contribution in [0.2, 0.25) is 0 Å². The third kappa shape index (κ3) is 4.46. The number of nitrogens with zero attached hydrogens (tertiary/aromatic N) is 6. The minimum atomic E-state index is -0.530. The van der Waals surface area contributed by atoms with Gasteiger partial charge in [-0.25, -0.2) is 10.1 Å². The van der Waals surface area contributed by atoms with Gasteiger partial charge in [0.2, 0.25) is 11.6 Å². The van der Waals surface area contributed by atoms with Gasteiger partial charge in [0.15, 0.2) is 5.69 Å². The van der Waals surface area contributed by atoms with Gasteiger partial charge in [-0.3, -0.25) is 4.79 Å². The van der Waals surface area contributed by atoms with Crippen molar-refractivity contribution in [3.8, 4) is 11.6 Å². The van der Waals surface area contributed by atoms with Crippen LogP contribution in [0.4, 0.5) is 5.82 Å². The Morgan fingerprint density at radius 3 is 2.59 bits per heavy atom. The van der Waals surface area contributed by atoms with Crippen molar-refractivity contribution in [1.29, 1.82) is 0 Å². The maximum Gasteiger partial charge on any atom is 0.292 e. The van der Waals surface area contributed by atoms with Crippen molar-refractivity contribution in [2.45, 2.75) is 20.5 Å². The van der Waals surface area contributed by atoms with E-state index >= 15 is 0 Å². The Hall–Kier alpha value is -4.54. The maximum atomic E-state index is 12.7. The SMILES string of the molecule is C/C(=N\NC(=O)c1c(C)nnn1-c1nonc1N)c1ccc(OCc2ccccc2)cc1. The zero-order valence-corrected chi connectivity index (χ0v) is 17.4. The fourth-order valence-electron chi connectivity index (χ4n) is 2.89. The number of aromatic nitrogens is 5. The van der Waals surface area contributed by atoms with Crippen molar-refractivity contribution in [2.75, 3.05) is 5.73 Å². The van der Waals surface area contributed by atoms with Gasteiger partial charge in [0, 0.05) is 0 Å². The number of hydrogen-bond donors (Lipinski definition) is 2. The molecule has 4 aromatic rings. The molecule has 32 heavy (non-hydrogen) atoms. The zero-order valence-electron chi connectivity index (χ0n) is 17.4. The van der Waals surface area contributed by atoms with Crippen molar-refractivity contribution < 1.29 is 14.2 Å². The molecular weight excluding hydrogens is 412 g/mol. The van der Waals surface area contributed by atoms with E-state index in [1.165, 1.54) is 0 Å². The molecule has 0 radical (unpaired) electrons. The molecule has 11 nitrogen and oxygen atoms in total. The number of benzene rings is 2. The highest BCUT2D eigenvalue weighted by Crippen LogP contribution is 2.16. The average molecular weight is 432 g/mol. The molecule has 0 spiro atoms. The van der Waals surface area contributed by atoms with Crippen LogP contribution in [0.25, 0.3) is 5.82 Å². The molecule has 0 saturated heterocycles. The van der Waals surface area contributed by atoms with E-state index in [-0.39, 0.29) is 17.3 Å². The highest BCUT2D eigenvalue weighted by Gasteiger charge is 2.22. The predicted molar refractivity (Wildman–Crippen MR) is 115 cm³/mol. The molecule has 3 N–H and O–H groups in total. The Morgan fingerprint density at radius 2 is 1.91 bits per heavy atom. The minimum absolute atomic E-state index is 0.0156. The van der Waals surface area contributed by atoms with Gasteiger partial charge in [0.25, 0.3) is 5.91 Å². The highest BCUT2D eigenvalue weighted by molar-refractivity contribution is 6.00. The van der Waals surface area contributed by atoms with Crippen molar-refractivity contribution >= 4 is 17.4 Å². The molecule has 1 amide bonds. The topological polar surface area (TPSA) is 146 Å². The quantitative estimate of drug-likeness (QED) is 0.334. The van der Waals surface area contributed by atoms with E-state index in [2.05, 4.69) is 35.8 Å². The summed E-state index contributed by atoms with van der Waals surface area (Å²) in [5.41, 5.74) is 11.2. The van der Waals surface area contributed by atoms with Crippen LogP contribution in [0.5, 0.6) is 5.75 Å². The standard InChI is InChI=1S/C21H20N8O3/c1-13(16-8-10-17(11-9-16)31-12-15-6-4-3-5-7-15)23-25-21(30)18-14(2)24-28-29(18)20-19(22)26-32-27-20/h3-11H,12H2,1-2H3,(H2,22,26)(H,25,30)/b23-13+. The van der Waals surface area contributed by atoms with Crippen molar-refractivity contribution in [2.24, 2.45) is 5.10 Å². The van der Waals surface area contributed by atoms with E-state index in [9.17, 15) is 4.79 Å². The number of hydrazone groups is 1. The highest BCUT2D eigenvalue weighted by atomic mass is 16.6. The first-order chi connectivity index (χ1) is 15.5. The number of rotatable bonds is 7. The Balaban J connectivity index is 1.42. The van der Waals surface area contributed by atoms with Gasteiger partial charge in [-0.2, -0.15) is 9.78 Å². The number of nitrogens with one attached hydrogen (secondary N) is 1. The molecule has 11 heteroatoms. The molecule has 2 aromatic heterocycles. The first kappa shape index (κ1) is 20.7. The number of amides is 1. The fourth-order valence-corrected chi connectivity index (χ4v) is 2.89. The first-order valence-corrected chi connectivity index (χ1v) is 9.65. The second kappa shape index (κ2) is 9.08. The lowest BCUT2D eigenvalue weighted by Gasteiger charge is -2.08.